The molecule has 2 amide bonds. The van der Waals surface area contributed by atoms with Gasteiger partial charge >= 0.3 is 6.01 Å². The predicted molar refractivity (Wildman–Crippen MR) is 319 cm³/mol. The topological polar surface area (TPSA) is 210 Å². The van der Waals surface area contributed by atoms with Crippen LogP contribution in [0, 0.1) is 18.7 Å². The molecule has 4 fully saturated rings. The summed E-state index contributed by atoms with van der Waals surface area (Å²) in [5.41, 5.74) is 4.10. The average molecular weight is 1120 g/mol. The van der Waals surface area contributed by atoms with Gasteiger partial charge in [-0.3, -0.25) is 28.9 Å². The first kappa shape index (κ1) is 59.2. The van der Waals surface area contributed by atoms with Crippen LogP contribution in [0.3, 0.4) is 0 Å². The van der Waals surface area contributed by atoms with Crippen molar-refractivity contribution in [3.8, 4) is 51.6 Å². The van der Waals surface area contributed by atoms with E-state index in [9.17, 15) is 24.9 Å². The number of hydrogen-bond donors (Lipinski definition) is 5. The molecule has 0 saturated carbocycles. The molecule has 19 heteroatoms. The van der Waals surface area contributed by atoms with Crippen molar-refractivity contribution < 1.29 is 34.0 Å². The van der Waals surface area contributed by atoms with Crippen LogP contribution in [0.1, 0.15) is 109 Å². The number of hydrogen-bond acceptors (Lipinski definition) is 15. The summed E-state index contributed by atoms with van der Waals surface area (Å²) in [6, 6.07) is 23.2. The summed E-state index contributed by atoms with van der Waals surface area (Å²) in [7, 11) is 1.83. The maximum absolute atomic E-state index is 16.8. The second-order valence-electron chi connectivity index (χ2n) is 23.0. The molecule has 7 heterocycles. The van der Waals surface area contributed by atoms with Gasteiger partial charge in [-0.05, 0) is 142 Å². The number of benzene rings is 4. The largest absolute Gasteiger partial charge is 0.508 e. The number of fused-ring (bicyclic) bond motifs is 3. The molecule has 18 nitrogen and oxygen atoms in total. The molecule has 4 saturated heterocycles. The van der Waals surface area contributed by atoms with E-state index in [1.54, 1.807) is 29.3 Å². The van der Waals surface area contributed by atoms with Crippen LogP contribution in [0.15, 0.2) is 79.0 Å². The van der Waals surface area contributed by atoms with E-state index in [-0.39, 0.29) is 64.1 Å². The minimum Gasteiger partial charge on any atom is -0.508 e. The Morgan fingerprint density at radius 3 is 2.29 bits per heavy atom. The fourth-order valence-electron chi connectivity index (χ4n) is 12.2. The number of amides is 2. The monoisotopic (exact) mass is 1120 g/mol. The first-order valence-electron chi connectivity index (χ1n) is 29.2. The SMILES string of the molecule is CCC1CN(c2nc(OCC34CCCN3CC(N(C)C=O)C4)nc3c(F)c(-c4cc(O)cc5ccccc45)ncc23)CC(CC)N1.CCNC=O.Cc1nnc(-c2cc(C(C)C)c(O)cc2O)n1-c1ccc(CN2CCC(C)CC2)cc1. The number of nitrogens with one attached hydrogen (secondary N) is 2. The minimum absolute atomic E-state index is 0.00787. The average Bonchev–Trinajstić information content (AvgIpc) is 4.31. The predicted octanol–water partition coefficient (Wildman–Crippen LogP) is 9.49. The van der Waals surface area contributed by atoms with Crippen molar-refractivity contribution in [1.29, 1.82) is 0 Å². The number of likely N-dealkylation sites (tertiary alicyclic amines) is 1. The van der Waals surface area contributed by atoms with E-state index >= 15 is 4.39 Å². The number of piperazine rings is 1. The lowest BCUT2D eigenvalue weighted by molar-refractivity contribution is -0.118. The van der Waals surface area contributed by atoms with Crippen LogP contribution in [0.2, 0.25) is 0 Å². The van der Waals surface area contributed by atoms with E-state index < -0.39 is 5.82 Å². The van der Waals surface area contributed by atoms with Gasteiger partial charge in [-0.15, -0.1) is 10.2 Å². The van der Waals surface area contributed by atoms with Crippen molar-refractivity contribution in [3.05, 3.63) is 102 Å². The lowest BCUT2D eigenvalue weighted by Gasteiger charge is -2.39. The zero-order chi connectivity index (χ0) is 58.2. The van der Waals surface area contributed by atoms with Crippen molar-refractivity contribution in [3.63, 3.8) is 0 Å². The Morgan fingerprint density at radius 2 is 1.62 bits per heavy atom. The van der Waals surface area contributed by atoms with Gasteiger partial charge in [0.15, 0.2) is 11.6 Å². The Morgan fingerprint density at radius 1 is 0.890 bits per heavy atom. The van der Waals surface area contributed by atoms with Crippen LogP contribution in [0.4, 0.5) is 10.2 Å². The zero-order valence-corrected chi connectivity index (χ0v) is 48.8. The van der Waals surface area contributed by atoms with Gasteiger partial charge in [0, 0.05) is 81.4 Å². The van der Waals surface area contributed by atoms with Crippen LogP contribution in [-0.4, -0.2) is 156 Å². The molecule has 82 heavy (non-hydrogen) atoms. The molecule has 5 N–H and O–H groups in total. The number of aryl methyl sites for hydroxylation is 1. The number of aromatic hydroxyl groups is 3. The van der Waals surface area contributed by atoms with Gasteiger partial charge in [0.1, 0.15) is 46.7 Å². The Labute approximate surface area is 480 Å². The van der Waals surface area contributed by atoms with Crippen molar-refractivity contribution >= 4 is 40.3 Å². The number of phenolic OH excluding ortho intramolecular Hbond substituents is 3. The molecule has 0 bridgehead atoms. The van der Waals surface area contributed by atoms with Gasteiger partial charge in [0.25, 0.3) is 0 Å². The number of rotatable bonds is 16. The fraction of sp³-hybridized carbons (Fsp3) is 0.476. The fourth-order valence-corrected chi connectivity index (χ4v) is 12.2. The number of pyridine rings is 1. The van der Waals surface area contributed by atoms with Crippen molar-refractivity contribution in [2.24, 2.45) is 5.92 Å². The first-order chi connectivity index (χ1) is 39.6. The highest BCUT2D eigenvalue weighted by molar-refractivity contribution is 6.00. The normalized spacial score (nSPS) is 20.3. The highest BCUT2D eigenvalue weighted by Crippen LogP contribution is 2.43. The van der Waals surface area contributed by atoms with E-state index in [2.05, 4.69) is 85.6 Å². The molecule has 4 aliphatic rings. The van der Waals surface area contributed by atoms with Crippen LogP contribution >= 0.6 is 0 Å². The summed E-state index contributed by atoms with van der Waals surface area (Å²) in [4.78, 5) is 44.0. The summed E-state index contributed by atoms with van der Waals surface area (Å²) < 4.78 is 25.2. The molecule has 0 radical (unpaired) electrons. The standard InChI is InChI=1S/C35H42FN7O3.C25H32N4O2.C3H7NO/c1-4-23-17-42(18-24(5-2)38-23)33-29-16-37-31(28-14-26(45)13-22-9-6-7-10-27(22)28)30(36)32(29)39-34(40-33)46-20-35-11-8-12-43(35)19-25(15-35)41(3)21-44;1-16(2)21-13-22(24(31)14-23(21)30)25-27-26-18(4)29(25)20-7-5-19(6-8-20)15-28-11-9-17(3)10-12-28;1-2-4-3-5/h6-7,9-10,13-14,16,21,23-25,38,45H,4-5,8,11-12,15,17-20H2,1-3H3;5-8,13-14,16-17,30-31H,9-12,15H2,1-4H3;3H,2H2,1H3,(H,4,5). The number of phenols is 3. The molecule has 0 aliphatic carbocycles. The lowest BCUT2D eigenvalue weighted by atomic mass is 9.93. The van der Waals surface area contributed by atoms with Crippen molar-refractivity contribution in [2.75, 3.05) is 64.4 Å². The van der Waals surface area contributed by atoms with E-state index in [1.807, 2.05) is 63.6 Å². The molecule has 7 aromatic rings. The summed E-state index contributed by atoms with van der Waals surface area (Å²) in [6.45, 7) is 22.0. The number of ether oxygens (including phenoxy) is 1. The number of nitrogens with zero attached hydrogens (tertiary/aromatic N) is 10. The Balaban J connectivity index is 0.000000195. The highest BCUT2D eigenvalue weighted by atomic mass is 19.1. The molecule has 4 unspecified atom stereocenters. The molecule has 11 rings (SSSR count). The number of likely N-dealkylation sites (N-methyl/N-ethyl adjacent to an activating group) is 1. The molecule has 4 aliphatic heterocycles. The molecular formula is C63H81FN12O6. The van der Waals surface area contributed by atoms with Crippen LogP contribution in [0.5, 0.6) is 23.3 Å². The minimum atomic E-state index is -0.579. The number of halogens is 1. The smallest absolute Gasteiger partial charge is 0.319 e. The van der Waals surface area contributed by atoms with Gasteiger partial charge in [0.05, 0.1) is 16.5 Å². The second kappa shape index (κ2) is 26.2. The number of aromatic nitrogens is 6. The first-order valence-corrected chi connectivity index (χ1v) is 29.2. The third kappa shape index (κ3) is 12.9. The quantitative estimate of drug-likeness (QED) is 0.0571. The van der Waals surface area contributed by atoms with E-state index in [4.69, 9.17) is 14.7 Å². The summed E-state index contributed by atoms with van der Waals surface area (Å²) in [5.74, 6) is 2.42. The van der Waals surface area contributed by atoms with Crippen molar-refractivity contribution in [2.45, 2.75) is 130 Å². The number of piperidine rings is 1. The van der Waals surface area contributed by atoms with Gasteiger partial charge in [-0.2, -0.15) is 9.97 Å². The highest BCUT2D eigenvalue weighted by Gasteiger charge is 2.50. The lowest BCUT2D eigenvalue weighted by Crippen LogP contribution is -2.56. The number of carbonyl (C=O) groups is 2. The van der Waals surface area contributed by atoms with Gasteiger partial charge in [-0.25, -0.2) is 4.39 Å². The zero-order valence-electron chi connectivity index (χ0n) is 48.8. The van der Waals surface area contributed by atoms with E-state index in [1.165, 1.54) is 24.5 Å². The van der Waals surface area contributed by atoms with Crippen molar-refractivity contribution in [1.82, 2.24) is 55.0 Å². The summed E-state index contributed by atoms with van der Waals surface area (Å²) >= 11 is 0. The number of carbonyl (C=O) groups excluding carboxylic acids is 2. The molecule has 0 spiro atoms. The third-order valence-corrected chi connectivity index (χ3v) is 17.0. The molecular weight excluding hydrogens is 1040 g/mol. The Bertz CT molecular complexity index is 3320. The van der Waals surface area contributed by atoms with Gasteiger partial charge in [-0.1, -0.05) is 71.0 Å². The van der Waals surface area contributed by atoms with Gasteiger partial charge < -0.3 is 40.5 Å². The molecule has 4 atom stereocenters. The number of anilines is 1. The maximum Gasteiger partial charge on any atom is 0.319 e. The van der Waals surface area contributed by atoms with E-state index in [0.717, 1.165) is 125 Å². The summed E-state index contributed by atoms with van der Waals surface area (Å²) in [5, 5.41) is 48.1. The maximum atomic E-state index is 16.8. The van der Waals surface area contributed by atoms with Gasteiger partial charge in [0.2, 0.25) is 12.8 Å². The summed E-state index contributed by atoms with van der Waals surface area (Å²) in [6.07, 6.45) is 10.5. The van der Waals surface area contributed by atoms with Crippen LogP contribution in [0.25, 0.3) is 50.0 Å². The molecule has 3 aromatic heterocycles. The van der Waals surface area contributed by atoms with Crippen LogP contribution < -0.4 is 20.3 Å². The second-order valence-corrected chi connectivity index (χ2v) is 23.0. The Kier molecular flexibility index (Phi) is 18.9. The van der Waals surface area contributed by atoms with Crippen LogP contribution in [-0.2, 0) is 16.1 Å². The Hall–Kier alpha value is -7.48. The molecule has 4 aromatic carbocycles. The third-order valence-electron chi connectivity index (χ3n) is 17.0. The molecule has 436 valence electrons. The van der Waals surface area contributed by atoms with E-state index in [0.29, 0.717) is 41.2 Å².